The minimum Gasteiger partial charge on any atom is -0.548 e. The zero-order chi connectivity index (χ0) is 48.3. The quantitative estimate of drug-likeness (QED) is 0.0849. The van der Waals surface area contributed by atoms with Gasteiger partial charge in [0, 0.05) is 32.8 Å². The number of methoxy groups -OCH3 is 1. The van der Waals surface area contributed by atoms with Crippen LogP contribution in [0.5, 0.6) is 0 Å². The average molecular weight is 935 g/mol. The van der Waals surface area contributed by atoms with Gasteiger partial charge in [0.1, 0.15) is 39.2 Å². The predicted octanol–water partition coefficient (Wildman–Crippen LogP) is -2.94. The molecule has 22 heteroatoms. The number of alkyl halides is 6. The van der Waals surface area contributed by atoms with Crippen LogP contribution >= 0.6 is 0 Å². The van der Waals surface area contributed by atoms with Crippen molar-refractivity contribution < 1.29 is 154 Å². The van der Waals surface area contributed by atoms with E-state index in [9.17, 15) is 66.6 Å². The number of halogens is 6. The summed E-state index contributed by atoms with van der Waals surface area (Å²) in [4.78, 5) is 22.3. The van der Waals surface area contributed by atoms with Gasteiger partial charge in [-0.2, -0.15) is 0 Å². The Morgan fingerprint density at radius 1 is 0.532 bits per heavy atom. The molecule has 62 heavy (non-hydrogen) atoms. The number of carboxylic acid groups (broad SMARTS) is 2. The standard InChI is InChI=1S/C32H58O14.C4H6F4.C4H8F2.2Na/c1-13-23(2)25(4,18-42-14-21(33)34)45-28(7,32(11,40)29(23,8)37)20-44-16-24(3)26(5,19-43-15-22(35)36)46-27(6,17-41-12)31(10,39)30(24,9)38;1-3(5,6)4(2,7)8;1-3-4(2,5)6;;/h37-40H,13-20H2,1-12H3,(H,33,34)(H,35,36);1-2H3;3H2,1-2H3;;/q;;;2*+1/p-2. The van der Waals surface area contributed by atoms with E-state index in [2.05, 4.69) is 0 Å². The molecule has 10 atom stereocenters. The fraction of sp³-hybridized carbons (Fsp3) is 0.950. The van der Waals surface area contributed by atoms with Crippen LogP contribution in [0.1, 0.15) is 117 Å². The van der Waals surface area contributed by atoms with E-state index in [0.29, 0.717) is 6.42 Å². The zero-order valence-electron chi connectivity index (χ0n) is 40.0. The van der Waals surface area contributed by atoms with Crippen molar-refractivity contribution in [3.05, 3.63) is 0 Å². The summed E-state index contributed by atoms with van der Waals surface area (Å²) in [5.74, 6) is -13.1. The molecule has 4 N–H and O–H groups in total. The monoisotopic (exact) mass is 934 g/mol. The smallest absolute Gasteiger partial charge is 0.548 e. The number of carbonyl (C=O) groups excluding carboxylic acids is 2. The largest absolute Gasteiger partial charge is 1.00 e. The molecule has 0 aromatic rings. The summed E-state index contributed by atoms with van der Waals surface area (Å²) in [6.07, 6.45) is 0.253. The third kappa shape index (κ3) is 13.4. The minimum atomic E-state index is -3.90. The first-order chi connectivity index (χ1) is 26.4. The van der Waals surface area contributed by atoms with Gasteiger partial charge in [0.15, 0.2) is 0 Å². The van der Waals surface area contributed by atoms with Crippen LogP contribution in [0.4, 0.5) is 26.3 Å². The Labute approximate surface area is 407 Å². The molecule has 2 aliphatic heterocycles. The number of hydrogen-bond acceptors (Lipinski definition) is 14. The van der Waals surface area contributed by atoms with E-state index >= 15 is 0 Å². The molecule has 0 spiro atoms. The molecule has 10 unspecified atom stereocenters. The van der Waals surface area contributed by atoms with Gasteiger partial charge in [-0.3, -0.25) is 0 Å². The van der Waals surface area contributed by atoms with Gasteiger partial charge in [-0.05, 0) is 68.7 Å². The van der Waals surface area contributed by atoms with Crippen molar-refractivity contribution in [2.75, 3.05) is 53.4 Å². The SMILES string of the molecule is CC(F)(F)C(C)(F)F.CCC(C)(F)F.CCC1(C)C(C)(COCC(=O)[O-])OC(C)(COCC2(C)C(C)(COCC(=O)[O-])OC(C)(COC)C(C)(O)C2(C)O)C(C)(O)C1(C)O.[Na+].[Na+]. The summed E-state index contributed by atoms with van der Waals surface area (Å²) in [6.45, 7) is 17.0. The summed E-state index contributed by atoms with van der Waals surface area (Å²) in [7, 11) is 1.41. The summed E-state index contributed by atoms with van der Waals surface area (Å²) < 4.78 is 104. The van der Waals surface area contributed by atoms with Crippen molar-refractivity contribution >= 4 is 11.9 Å². The fourth-order valence-corrected chi connectivity index (χ4v) is 7.66. The molecule has 0 radical (unpaired) electrons. The first-order valence-electron chi connectivity index (χ1n) is 19.4. The molecule has 2 heterocycles. The molecule has 0 amide bonds. The molecule has 14 nitrogen and oxygen atoms in total. The van der Waals surface area contributed by atoms with Crippen LogP contribution in [0, 0.1) is 10.8 Å². The number of rotatable bonds is 17. The van der Waals surface area contributed by atoms with Crippen LogP contribution in [0.2, 0.25) is 0 Å². The molecule has 2 fully saturated rings. The number of carboxylic acids is 2. The average Bonchev–Trinajstić information content (AvgIpc) is 3.05. The van der Waals surface area contributed by atoms with Crippen LogP contribution in [-0.4, -0.2) is 148 Å². The van der Waals surface area contributed by atoms with E-state index in [1.165, 1.54) is 41.7 Å². The molecule has 358 valence electrons. The van der Waals surface area contributed by atoms with E-state index in [0.717, 1.165) is 6.92 Å². The van der Waals surface area contributed by atoms with Gasteiger partial charge >= 0.3 is 71.0 Å². The van der Waals surface area contributed by atoms with Crippen molar-refractivity contribution in [3.8, 4) is 0 Å². The van der Waals surface area contributed by atoms with Crippen LogP contribution < -0.4 is 69.3 Å². The molecular formula is C40H70F6Na2O14. The molecule has 2 saturated heterocycles. The van der Waals surface area contributed by atoms with Crippen molar-refractivity contribution in [2.24, 2.45) is 10.8 Å². The predicted molar refractivity (Wildman–Crippen MR) is 201 cm³/mol. The molecule has 2 aliphatic rings. The van der Waals surface area contributed by atoms with Crippen LogP contribution in [0.3, 0.4) is 0 Å². The first-order valence-corrected chi connectivity index (χ1v) is 19.4. The maximum absolute atomic E-state index is 12.2. The maximum atomic E-state index is 12.2. The molecular weight excluding hydrogens is 864 g/mol. The summed E-state index contributed by atoms with van der Waals surface area (Å²) >= 11 is 0. The second-order valence-corrected chi connectivity index (χ2v) is 18.3. The van der Waals surface area contributed by atoms with Gasteiger partial charge in [0.05, 0.1) is 69.2 Å². The Hall–Kier alpha value is 0.120. The number of ether oxygens (including phenoxy) is 6. The van der Waals surface area contributed by atoms with E-state index in [-0.39, 0.29) is 112 Å². The third-order valence-corrected chi connectivity index (χ3v) is 13.8. The summed E-state index contributed by atoms with van der Waals surface area (Å²) in [5.41, 5.74) is -16.4. The van der Waals surface area contributed by atoms with Crippen LogP contribution in [0.25, 0.3) is 0 Å². The van der Waals surface area contributed by atoms with Crippen molar-refractivity contribution in [3.63, 3.8) is 0 Å². The summed E-state index contributed by atoms with van der Waals surface area (Å²) in [6, 6.07) is 0. The maximum Gasteiger partial charge on any atom is 1.00 e. The molecule has 0 aromatic carbocycles. The Morgan fingerprint density at radius 2 is 0.823 bits per heavy atom. The number of carbonyl (C=O) groups is 2. The molecule has 0 aromatic heterocycles. The van der Waals surface area contributed by atoms with Gasteiger partial charge in [0.25, 0.3) is 0 Å². The Kier molecular flexibility index (Phi) is 24.1. The topological polar surface area (TPSA) is 217 Å². The second-order valence-electron chi connectivity index (χ2n) is 18.3. The van der Waals surface area contributed by atoms with E-state index in [1.807, 2.05) is 6.92 Å². The second kappa shape index (κ2) is 22.5. The number of aliphatic carboxylic acids is 2. The Bertz CT molecular complexity index is 1430. The third-order valence-electron chi connectivity index (χ3n) is 13.8. The Balaban J connectivity index is -0.00000186. The first kappa shape index (κ1) is 66.4. The Morgan fingerprint density at radius 3 is 1.10 bits per heavy atom. The van der Waals surface area contributed by atoms with Crippen molar-refractivity contribution in [1.29, 1.82) is 0 Å². The molecule has 0 saturated carbocycles. The molecule has 0 aliphatic carbocycles. The van der Waals surface area contributed by atoms with E-state index in [4.69, 9.17) is 28.4 Å². The van der Waals surface area contributed by atoms with Gasteiger partial charge in [-0.1, -0.05) is 27.7 Å². The number of aliphatic hydroxyl groups is 4. The van der Waals surface area contributed by atoms with Gasteiger partial charge < -0.3 is 68.6 Å². The van der Waals surface area contributed by atoms with E-state index < -0.39 is 98.6 Å². The van der Waals surface area contributed by atoms with Crippen molar-refractivity contribution in [2.45, 2.75) is 179 Å². The van der Waals surface area contributed by atoms with Crippen LogP contribution in [-0.2, 0) is 38.0 Å². The zero-order valence-corrected chi connectivity index (χ0v) is 44.0. The molecule has 0 bridgehead atoms. The van der Waals surface area contributed by atoms with E-state index in [1.54, 1.807) is 41.5 Å². The van der Waals surface area contributed by atoms with Gasteiger partial charge in [-0.15, -0.1) is 0 Å². The fourth-order valence-electron chi connectivity index (χ4n) is 7.66. The van der Waals surface area contributed by atoms with Gasteiger partial charge in [-0.25, -0.2) is 26.3 Å². The van der Waals surface area contributed by atoms with Crippen molar-refractivity contribution in [1.82, 2.24) is 0 Å². The minimum absolute atomic E-state index is 0. The summed E-state index contributed by atoms with van der Waals surface area (Å²) in [5, 5.41) is 70.4. The number of hydrogen-bond donors (Lipinski definition) is 4. The molecule has 2 rings (SSSR count). The van der Waals surface area contributed by atoms with Crippen LogP contribution in [0.15, 0.2) is 0 Å². The normalized spacial score (nSPS) is 38.5. The van der Waals surface area contributed by atoms with Gasteiger partial charge in [0.2, 0.25) is 5.92 Å².